The van der Waals surface area contributed by atoms with E-state index in [1.807, 2.05) is 31.3 Å². The number of hydrogen-bond acceptors (Lipinski definition) is 8. The zero-order chi connectivity index (χ0) is 26.8. The molecule has 0 spiro atoms. The highest BCUT2D eigenvalue weighted by Gasteiger charge is 2.29. The standard InChI is InChI=1S/C28H36N4O6/c1-17-12-20(15-31(3)27(17)34)26-30-23-13-19(4-5-24(23)32(26)21-6-9-36-10-7-21)14-29-25(18(2)33)28(35)38-22-8-11-37-16-22/h4-5,12-13,15,18,21-22,25,29,33H,6-11,14,16H2,1-3H3/t18-,22?,25+/m1/s1. The van der Waals surface area contributed by atoms with Gasteiger partial charge in [0.05, 0.1) is 30.4 Å². The molecule has 2 aromatic heterocycles. The zero-order valence-corrected chi connectivity index (χ0v) is 22.2. The van der Waals surface area contributed by atoms with Crippen LogP contribution in [0.4, 0.5) is 0 Å². The van der Waals surface area contributed by atoms with Crippen molar-refractivity contribution in [2.45, 2.75) is 63.9 Å². The number of aliphatic hydroxyl groups is 1. The lowest BCUT2D eigenvalue weighted by Gasteiger charge is -2.26. The van der Waals surface area contributed by atoms with Gasteiger partial charge in [-0.25, -0.2) is 4.98 Å². The molecule has 0 bridgehead atoms. The number of aryl methyl sites for hydroxylation is 2. The SMILES string of the molecule is Cc1cc(-c2nc3cc(CN[C@H](C(=O)OC4CCOC4)[C@@H](C)O)ccc3n2C2CCOCC2)cn(C)c1=O. The summed E-state index contributed by atoms with van der Waals surface area (Å²) in [6, 6.07) is 7.35. The second-order valence-corrected chi connectivity index (χ2v) is 10.3. The van der Waals surface area contributed by atoms with E-state index in [0.29, 0.717) is 45.0 Å². The van der Waals surface area contributed by atoms with Gasteiger partial charge >= 0.3 is 5.97 Å². The molecule has 1 aromatic carbocycles. The van der Waals surface area contributed by atoms with Gasteiger partial charge in [-0.3, -0.25) is 14.9 Å². The van der Waals surface area contributed by atoms with Crippen molar-refractivity contribution in [1.82, 2.24) is 19.4 Å². The molecule has 2 saturated heterocycles. The summed E-state index contributed by atoms with van der Waals surface area (Å²) >= 11 is 0. The topological polar surface area (TPSA) is 117 Å². The largest absolute Gasteiger partial charge is 0.459 e. The first-order valence-electron chi connectivity index (χ1n) is 13.3. The Labute approximate surface area is 221 Å². The number of benzene rings is 1. The number of nitrogens with zero attached hydrogens (tertiary/aromatic N) is 3. The van der Waals surface area contributed by atoms with Crippen LogP contribution in [0.15, 0.2) is 35.3 Å². The summed E-state index contributed by atoms with van der Waals surface area (Å²) in [5.41, 5.74) is 4.30. The van der Waals surface area contributed by atoms with Gasteiger partial charge in [-0.2, -0.15) is 0 Å². The van der Waals surface area contributed by atoms with Crippen LogP contribution in [0, 0.1) is 6.92 Å². The minimum Gasteiger partial charge on any atom is -0.459 e. The molecular formula is C28H36N4O6. The third kappa shape index (κ3) is 5.54. The number of pyridine rings is 1. The molecule has 2 aliphatic heterocycles. The molecule has 10 nitrogen and oxygen atoms in total. The molecule has 4 heterocycles. The molecule has 3 atom stereocenters. The fraction of sp³-hybridized carbons (Fsp3) is 0.536. The number of fused-ring (bicyclic) bond motifs is 1. The van der Waals surface area contributed by atoms with Crippen molar-refractivity contribution in [3.63, 3.8) is 0 Å². The van der Waals surface area contributed by atoms with Crippen molar-refractivity contribution in [1.29, 1.82) is 0 Å². The molecule has 2 aliphatic rings. The summed E-state index contributed by atoms with van der Waals surface area (Å²) in [5.74, 6) is 0.340. The van der Waals surface area contributed by atoms with Crippen molar-refractivity contribution in [3.05, 3.63) is 51.9 Å². The van der Waals surface area contributed by atoms with Crippen molar-refractivity contribution in [2.75, 3.05) is 26.4 Å². The van der Waals surface area contributed by atoms with E-state index in [0.717, 1.165) is 40.8 Å². The quantitative estimate of drug-likeness (QED) is 0.431. The number of carbonyl (C=O) groups excluding carboxylic acids is 1. The molecule has 38 heavy (non-hydrogen) atoms. The first-order valence-corrected chi connectivity index (χ1v) is 13.3. The number of esters is 1. The van der Waals surface area contributed by atoms with Crippen LogP contribution in [0.1, 0.15) is 43.4 Å². The number of nitrogens with one attached hydrogen (secondary N) is 1. The second kappa shape index (κ2) is 11.4. The monoisotopic (exact) mass is 524 g/mol. The molecule has 2 fully saturated rings. The number of ether oxygens (including phenoxy) is 3. The highest BCUT2D eigenvalue weighted by molar-refractivity contribution is 5.82. The number of aromatic nitrogens is 3. The van der Waals surface area contributed by atoms with Gasteiger partial charge in [0.2, 0.25) is 0 Å². The van der Waals surface area contributed by atoms with E-state index in [-0.39, 0.29) is 17.7 Å². The normalized spacial score (nSPS) is 20.1. The van der Waals surface area contributed by atoms with Gasteiger partial charge in [-0.15, -0.1) is 0 Å². The maximum atomic E-state index is 12.7. The van der Waals surface area contributed by atoms with Crippen LogP contribution in [-0.4, -0.2) is 69.9 Å². The molecule has 5 rings (SSSR count). The minimum absolute atomic E-state index is 0.0255. The van der Waals surface area contributed by atoms with Crippen molar-refractivity contribution < 1.29 is 24.1 Å². The van der Waals surface area contributed by atoms with Crippen LogP contribution in [0.2, 0.25) is 0 Å². The Kier molecular flexibility index (Phi) is 7.94. The third-order valence-corrected chi connectivity index (χ3v) is 7.36. The van der Waals surface area contributed by atoms with Gasteiger partial charge in [-0.1, -0.05) is 6.07 Å². The highest BCUT2D eigenvalue weighted by atomic mass is 16.6. The fourth-order valence-electron chi connectivity index (χ4n) is 5.29. The average molecular weight is 525 g/mol. The molecule has 0 saturated carbocycles. The van der Waals surface area contributed by atoms with Gasteiger partial charge in [0.15, 0.2) is 0 Å². The smallest absolute Gasteiger partial charge is 0.326 e. The highest BCUT2D eigenvalue weighted by Crippen LogP contribution is 2.33. The van der Waals surface area contributed by atoms with E-state index in [4.69, 9.17) is 19.2 Å². The first-order chi connectivity index (χ1) is 18.3. The summed E-state index contributed by atoms with van der Waals surface area (Å²) in [5, 5.41) is 13.4. The Morgan fingerprint density at radius 2 is 1.97 bits per heavy atom. The van der Waals surface area contributed by atoms with Crippen molar-refractivity contribution in [3.8, 4) is 11.4 Å². The van der Waals surface area contributed by atoms with Gasteiger partial charge in [-0.05, 0) is 50.5 Å². The Bertz CT molecular complexity index is 1330. The first kappa shape index (κ1) is 26.6. The summed E-state index contributed by atoms with van der Waals surface area (Å²) in [6.45, 7) is 6.11. The van der Waals surface area contributed by atoms with Gasteiger partial charge in [0, 0.05) is 56.6 Å². The Balaban J connectivity index is 1.43. The maximum Gasteiger partial charge on any atom is 0.326 e. The number of imidazole rings is 1. The summed E-state index contributed by atoms with van der Waals surface area (Å²) in [7, 11) is 1.76. The Morgan fingerprint density at radius 3 is 2.66 bits per heavy atom. The van der Waals surface area contributed by atoms with E-state index < -0.39 is 18.1 Å². The molecular weight excluding hydrogens is 488 g/mol. The minimum atomic E-state index is -0.916. The van der Waals surface area contributed by atoms with Crippen molar-refractivity contribution in [2.24, 2.45) is 7.05 Å². The Morgan fingerprint density at radius 1 is 1.21 bits per heavy atom. The number of aliphatic hydroxyl groups excluding tert-OH is 1. The van der Waals surface area contributed by atoms with E-state index in [9.17, 15) is 14.7 Å². The molecule has 0 amide bonds. The number of hydrogen-bond donors (Lipinski definition) is 2. The van der Waals surface area contributed by atoms with Crippen molar-refractivity contribution >= 4 is 17.0 Å². The lowest BCUT2D eigenvalue weighted by atomic mass is 10.1. The van der Waals surface area contributed by atoms with Crippen LogP contribution in [0.3, 0.4) is 0 Å². The predicted molar refractivity (Wildman–Crippen MR) is 142 cm³/mol. The van der Waals surface area contributed by atoms with E-state index in [1.165, 1.54) is 0 Å². The average Bonchev–Trinajstić information content (AvgIpc) is 3.55. The molecule has 1 unspecified atom stereocenters. The van der Waals surface area contributed by atoms with Crippen LogP contribution in [0.5, 0.6) is 0 Å². The molecule has 3 aromatic rings. The molecule has 2 N–H and O–H groups in total. The zero-order valence-electron chi connectivity index (χ0n) is 22.2. The molecule has 204 valence electrons. The van der Waals surface area contributed by atoms with E-state index >= 15 is 0 Å². The summed E-state index contributed by atoms with van der Waals surface area (Å²) in [6.07, 6.45) is 3.09. The van der Waals surface area contributed by atoms with Crippen LogP contribution < -0.4 is 10.9 Å². The van der Waals surface area contributed by atoms with Gasteiger partial charge in [0.25, 0.3) is 5.56 Å². The second-order valence-electron chi connectivity index (χ2n) is 10.3. The predicted octanol–water partition coefficient (Wildman–Crippen LogP) is 2.23. The third-order valence-electron chi connectivity index (χ3n) is 7.36. The van der Waals surface area contributed by atoms with Crippen LogP contribution in [0.25, 0.3) is 22.4 Å². The van der Waals surface area contributed by atoms with E-state index in [1.54, 1.807) is 18.5 Å². The lowest BCUT2D eigenvalue weighted by molar-refractivity contribution is -0.154. The number of rotatable bonds is 8. The van der Waals surface area contributed by atoms with Gasteiger partial charge in [0.1, 0.15) is 18.0 Å². The van der Waals surface area contributed by atoms with Crippen LogP contribution in [-0.2, 0) is 32.6 Å². The van der Waals surface area contributed by atoms with E-state index in [2.05, 4.69) is 16.0 Å². The van der Waals surface area contributed by atoms with Gasteiger partial charge < -0.3 is 28.5 Å². The summed E-state index contributed by atoms with van der Waals surface area (Å²) < 4.78 is 20.3. The lowest BCUT2D eigenvalue weighted by Crippen LogP contribution is -2.46. The molecule has 0 radical (unpaired) electrons. The molecule has 10 heteroatoms. The fourth-order valence-corrected chi connectivity index (χ4v) is 5.29. The summed E-state index contributed by atoms with van der Waals surface area (Å²) in [4.78, 5) is 30.0. The Hall–Kier alpha value is -3.05. The molecule has 0 aliphatic carbocycles. The van der Waals surface area contributed by atoms with Crippen LogP contribution >= 0.6 is 0 Å². The maximum absolute atomic E-state index is 12.7. The number of carbonyl (C=O) groups is 1.